The van der Waals surface area contributed by atoms with E-state index in [1.807, 2.05) is 6.92 Å². The Morgan fingerprint density at radius 3 is 2.04 bits per heavy atom. The van der Waals surface area contributed by atoms with Gasteiger partial charge in [-0.15, -0.1) is 0 Å². The minimum Gasteiger partial charge on any atom is -0.435 e. The SMILES string of the molecule is CC(NCc1ccc(C(C)(C)C)cc1)c1ccc(OC(F)F)cc1. The van der Waals surface area contributed by atoms with Crippen LogP contribution in [0.2, 0.25) is 0 Å². The van der Waals surface area contributed by atoms with Crippen molar-refractivity contribution < 1.29 is 13.5 Å². The summed E-state index contributed by atoms with van der Waals surface area (Å²) in [6.45, 7) is 6.60. The summed E-state index contributed by atoms with van der Waals surface area (Å²) in [6, 6.07) is 15.5. The van der Waals surface area contributed by atoms with Crippen molar-refractivity contribution >= 4 is 0 Å². The molecule has 0 spiro atoms. The second-order valence-corrected chi connectivity index (χ2v) is 7.00. The number of benzene rings is 2. The summed E-state index contributed by atoms with van der Waals surface area (Å²) >= 11 is 0. The van der Waals surface area contributed by atoms with Crippen LogP contribution in [-0.2, 0) is 12.0 Å². The van der Waals surface area contributed by atoms with Crippen molar-refractivity contribution in [1.82, 2.24) is 5.32 Å². The van der Waals surface area contributed by atoms with E-state index in [1.54, 1.807) is 24.3 Å². The summed E-state index contributed by atoms with van der Waals surface area (Å²) < 4.78 is 28.7. The van der Waals surface area contributed by atoms with Gasteiger partial charge in [0.05, 0.1) is 0 Å². The van der Waals surface area contributed by atoms with Crippen molar-refractivity contribution in [2.24, 2.45) is 0 Å². The molecule has 0 aromatic heterocycles. The lowest BCUT2D eigenvalue weighted by atomic mass is 9.87. The third-order valence-corrected chi connectivity index (χ3v) is 4.04. The number of alkyl halides is 2. The van der Waals surface area contributed by atoms with Crippen LogP contribution in [-0.4, -0.2) is 6.61 Å². The van der Waals surface area contributed by atoms with Gasteiger partial charge < -0.3 is 10.1 Å². The fourth-order valence-corrected chi connectivity index (χ4v) is 2.45. The lowest BCUT2D eigenvalue weighted by Gasteiger charge is -2.20. The van der Waals surface area contributed by atoms with E-state index in [4.69, 9.17) is 0 Å². The molecular formula is C20H25F2NO. The predicted octanol–water partition coefficient (Wildman–Crippen LogP) is 5.44. The summed E-state index contributed by atoms with van der Waals surface area (Å²) in [6.07, 6.45) is 0. The maximum absolute atomic E-state index is 12.2. The van der Waals surface area contributed by atoms with Crippen molar-refractivity contribution in [2.45, 2.75) is 52.3 Å². The molecule has 0 bridgehead atoms. The fourth-order valence-electron chi connectivity index (χ4n) is 2.45. The standard InChI is InChI=1S/C20H25F2NO/c1-14(16-7-11-18(12-8-16)24-19(21)22)23-13-15-5-9-17(10-6-15)20(2,3)4/h5-12,14,19,23H,13H2,1-4H3. The van der Waals surface area contributed by atoms with Gasteiger partial charge in [-0.05, 0) is 41.2 Å². The van der Waals surface area contributed by atoms with E-state index in [0.29, 0.717) is 0 Å². The molecular weight excluding hydrogens is 308 g/mol. The Bertz CT molecular complexity index is 630. The first-order valence-corrected chi connectivity index (χ1v) is 8.13. The molecule has 0 aliphatic rings. The molecule has 2 aromatic rings. The Balaban J connectivity index is 1.91. The molecule has 0 aliphatic carbocycles. The maximum atomic E-state index is 12.2. The normalized spacial score (nSPS) is 13.1. The minimum atomic E-state index is -2.79. The van der Waals surface area contributed by atoms with Crippen molar-refractivity contribution in [2.75, 3.05) is 0 Å². The number of halogens is 2. The smallest absolute Gasteiger partial charge is 0.387 e. The molecule has 1 unspecified atom stereocenters. The molecule has 0 heterocycles. The second kappa shape index (κ2) is 7.75. The Morgan fingerprint density at radius 1 is 0.958 bits per heavy atom. The highest BCUT2D eigenvalue weighted by Gasteiger charge is 2.13. The average Bonchev–Trinajstić information content (AvgIpc) is 2.52. The monoisotopic (exact) mass is 333 g/mol. The summed E-state index contributed by atoms with van der Waals surface area (Å²) in [5, 5.41) is 3.44. The van der Waals surface area contributed by atoms with Gasteiger partial charge in [0.1, 0.15) is 5.75 Å². The highest BCUT2D eigenvalue weighted by Crippen LogP contribution is 2.23. The molecule has 2 nitrogen and oxygen atoms in total. The molecule has 1 N–H and O–H groups in total. The topological polar surface area (TPSA) is 21.3 Å². The molecule has 0 saturated heterocycles. The van der Waals surface area contributed by atoms with Gasteiger partial charge in [-0.25, -0.2) is 0 Å². The Kier molecular flexibility index (Phi) is 5.94. The molecule has 24 heavy (non-hydrogen) atoms. The van der Waals surface area contributed by atoms with E-state index in [2.05, 4.69) is 55.1 Å². The Morgan fingerprint density at radius 2 is 1.54 bits per heavy atom. The second-order valence-electron chi connectivity index (χ2n) is 7.00. The lowest BCUT2D eigenvalue weighted by Crippen LogP contribution is -2.18. The van der Waals surface area contributed by atoms with Crippen LogP contribution in [0.25, 0.3) is 0 Å². The first-order valence-electron chi connectivity index (χ1n) is 8.13. The highest BCUT2D eigenvalue weighted by atomic mass is 19.3. The summed E-state index contributed by atoms with van der Waals surface area (Å²) in [5.74, 6) is 0.179. The summed E-state index contributed by atoms with van der Waals surface area (Å²) in [7, 11) is 0. The zero-order valence-corrected chi connectivity index (χ0v) is 14.6. The van der Waals surface area contributed by atoms with Crippen molar-refractivity contribution in [1.29, 1.82) is 0 Å². The molecule has 0 aliphatic heterocycles. The van der Waals surface area contributed by atoms with Crippen LogP contribution in [0.4, 0.5) is 8.78 Å². The molecule has 0 fully saturated rings. The molecule has 0 saturated carbocycles. The number of hydrogen-bond donors (Lipinski definition) is 1. The van der Waals surface area contributed by atoms with E-state index in [1.165, 1.54) is 11.1 Å². The maximum Gasteiger partial charge on any atom is 0.387 e. The van der Waals surface area contributed by atoms with Crippen molar-refractivity contribution in [3.63, 3.8) is 0 Å². The summed E-state index contributed by atoms with van der Waals surface area (Å²) in [5.41, 5.74) is 3.71. The first kappa shape index (κ1) is 18.4. The predicted molar refractivity (Wildman–Crippen MR) is 93.5 cm³/mol. The van der Waals surface area contributed by atoms with E-state index >= 15 is 0 Å². The van der Waals surface area contributed by atoms with Crippen LogP contribution < -0.4 is 10.1 Å². The van der Waals surface area contributed by atoms with Crippen LogP contribution in [0, 0.1) is 0 Å². The molecule has 4 heteroatoms. The largest absolute Gasteiger partial charge is 0.435 e. The molecule has 0 radical (unpaired) electrons. The van der Waals surface area contributed by atoms with Crippen LogP contribution in [0.3, 0.4) is 0 Å². The van der Waals surface area contributed by atoms with Gasteiger partial charge in [-0.1, -0.05) is 57.2 Å². The molecule has 130 valence electrons. The van der Waals surface area contributed by atoms with Crippen LogP contribution in [0.15, 0.2) is 48.5 Å². The molecule has 1 atom stereocenters. The third-order valence-electron chi connectivity index (χ3n) is 4.04. The van der Waals surface area contributed by atoms with Crippen LogP contribution >= 0.6 is 0 Å². The first-order chi connectivity index (χ1) is 11.3. The molecule has 2 rings (SSSR count). The summed E-state index contributed by atoms with van der Waals surface area (Å²) in [4.78, 5) is 0. The lowest BCUT2D eigenvalue weighted by molar-refractivity contribution is -0.0498. The number of hydrogen-bond acceptors (Lipinski definition) is 2. The van der Waals surface area contributed by atoms with Crippen LogP contribution in [0.5, 0.6) is 5.75 Å². The van der Waals surface area contributed by atoms with E-state index in [9.17, 15) is 8.78 Å². The van der Waals surface area contributed by atoms with Crippen LogP contribution in [0.1, 0.15) is 50.4 Å². The quantitative estimate of drug-likeness (QED) is 0.760. The van der Waals surface area contributed by atoms with Crippen molar-refractivity contribution in [3.8, 4) is 5.75 Å². The van der Waals surface area contributed by atoms with E-state index in [-0.39, 0.29) is 17.2 Å². The molecule has 2 aromatic carbocycles. The Hall–Kier alpha value is -1.94. The van der Waals surface area contributed by atoms with Crippen molar-refractivity contribution in [3.05, 3.63) is 65.2 Å². The third kappa shape index (κ3) is 5.31. The van der Waals surface area contributed by atoms with Gasteiger partial charge in [0, 0.05) is 12.6 Å². The average molecular weight is 333 g/mol. The minimum absolute atomic E-state index is 0.118. The van der Waals surface area contributed by atoms with Gasteiger partial charge >= 0.3 is 6.61 Å². The van der Waals surface area contributed by atoms with Gasteiger partial charge in [-0.2, -0.15) is 8.78 Å². The van der Waals surface area contributed by atoms with Gasteiger partial charge in [0.15, 0.2) is 0 Å². The van der Waals surface area contributed by atoms with Gasteiger partial charge in [-0.3, -0.25) is 0 Å². The molecule has 0 amide bonds. The van der Waals surface area contributed by atoms with Gasteiger partial charge in [0.2, 0.25) is 0 Å². The number of rotatable bonds is 6. The van der Waals surface area contributed by atoms with E-state index in [0.717, 1.165) is 12.1 Å². The number of ether oxygens (including phenoxy) is 1. The zero-order valence-electron chi connectivity index (χ0n) is 14.6. The zero-order chi connectivity index (χ0) is 17.7. The Labute approximate surface area is 142 Å². The highest BCUT2D eigenvalue weighted by molar-refractivity contribution is 5.30. The van der Waals surface area contributed by atoms with Gasteiger partial charge in [0.25, 0.3) is 0 Å². The number of nitrogens with one attached hydrogen (secondary N) is 1. The fraction of sp³-hybridized carbons (Fsp3) is 0.400. The van der Waals surface area contributed by atoms with E-state index < -0.39 is 6.61 Å².